The van der Waals surface area contributed by atoms with Crippen LogP contribution in [0.3, 0.4) is 0 Å². The van der Waals surface area contributed by atoms with Gasteiger partial charge in [-0.25, -0.2) is 8.42 Å². The molecule has 0 spiro atoms. The van der Waals surface area contributed by atoms with Crippen molar-refractivity contribution in [1.29, 1.82) is 0 Å². The van der Waals surface area contributed by atoms with Crippen molar-refractivity contribution in [2.24, 2.45) is 5.92 Å². The number of H-pyrrole nitrogens is 1. The van der Waals surface area contributed by atoms with Crippen LogP contribution in [0.5, 0.6) is 0 Å². The van der Waals surface area contributed by atoms with E-state index >= 15 is 0 Å². The fourth-order valence-electron chi connectivity index (χ4n) is 4.94. The van der Waals surface area contributed by atoms with Crippen molar-refractivity contribution in [3.8, 4) is 0 Å². The van der Waals surface area contributed by atoms with Crippen molar-refractivity contribution in [3.05, 3.63) is 66.5 Å². The zero-order valence-electron chi connectivity index (χ0n) is 19.3. The van der Waals surface area contributed by atoms with Crippen LogP contribution in [0.4, 0.5) is 0 Å². The maximum Gasteiger partial charge on any atom is 0.243 e. The largest absolute Gasteiger partial charge is 0.361 e. The van der Waals surface area contributed by atoms with E-state index in [-0.39, 0.29) is 23.3 Å². The number of sulfonamides is 1. The van der Waals surface area contributed by atoms with Gasteiger partial charge in [0, 0.05) is 60.4 Å². The number of benzene rings is 2. The zero-order chi connectivity index (χ0) is 23.7. The SMILES string of the molecule is CCn1ccc2cc(S(=O)(=O)N3CCC[C@@H](C(=O)NCCc4c[nH]c5ccccc45)C3)ccc21. The Hall–Kier alpha value is -3.10. The van der Waals surface area contributed by atoms with E-state index in [1.54, 1.807) is 12.1 Å². The Morgan fingerprint density at radius 2 is 2.03 bits per heavy atom. The molecular formula is C26H30N4O3S. The van der Waals surface area contributed by atoms with Crippen molar-refractivity contribution >= 4 is 37.7 Å². The number of aromatic amines is 1. The number of piperidine rings is 1. The van der Waals surface area contributed by atoms with Gasteiger partial charge in [0.05, 0.1) is 10.8 Å². The third-order valence-corrected chi connectivity index (χ3v) is 8.71. The highest BCUT2D eigenvalue weighted by molar-refractivity contribution is 7.89. The number of carbonyl (C=O) groups is 1. The summed E-state index contributed by atoms with van der Waals surface area (Å²) in [5.74, 6) is -0.411. The monoisotopic (exact) mass is 478 g/mol. The van der Waals surface area contributed by atoms with E-state index in [4.69, 9.17) is 0 Å². The van der Waals surface area contributed by atoms with Crippen LogP contribution < -0.4 is 5.32 Å². The molecule has 0 bridgehead atoms. The Morgan fingerprint density at radius 3 is 2.88 bits per heavy atom. The molecule has 0 radical (unpaired) electrons. The normalized spacial score (nSPS) is 17.4. The summed E-state index contributed by atoms with van der Waals surface area (Å²) >= 11 is 0. The number of aromatic nitrogens is 2. The molecule has 2 aromatic carbocycles. The summed E-state index contributed by atoms with van der Waals surface area (Å²) < 4.78 is 30.3. The van der Waals surface area contributed by atoms with Crippen LogP contribution in [0, 0.1) is 5.92 Å². The fourth-order valence-corrected chi connectivity index (χ4v) is 6.50. The molecule has 5 rings (SSSR count). The van der Waals surface area contributed by atoms with E-state index in [0.29, 0.717) is 25.9 Å². The summed E-state index contributed by atoms with van der Waals surface area (Å²) in [7, 11) is -3.66. The van der Waals surface area contributed by atoms with Crippen LogP contribution >= 0.6 is 0 Å². The van der Waals surface area contributed by atoms with Gasteiger partial charge in [-0.2, -0.15) is 4.31 Å². The van der Waals surface area contributed by atoms with Gasteiger partial charge in [0.2, 0.25) is 15.9 Å². The second kappa shape index (κ2) is 9.27. The lowest BCUT2D eigenvalue weighted by Crippen LogP contribution is -2.45. The summed E-state index contributed by atoms with van der Waals surface area (Å²) in [6, 6.07) is 15.3. The van der Waals surface area contributed by atoms with Crippen molar-refractivity contribution in [2.75, 3.05) is 19.6 Å². The number of nitrogens with one attached hydrogen (secondary N) is 2. The van der Waals surface area contributed by atoms with E-state index in [1.807, 2.05) is 42.7 Å². The Kier molecular flexibility index (Phi) is 6.18. The predicted octanol–water partition coefficient (Wildman–Crippen LogP) is 3.90. The van der Waals surface area contributed by atoms with Gasteiger partial charge in [-0.3, -0.25) is 4.79 Å². The highest BCUT2D eigenvalue weighted by atomic mass is 32.2. The first-order valence-corrected chi connectivity index (χ1v) is 13.3. The Bertz CT molecular complexity index is 1440. The van der Waals surface area contributed by atoms with E-state index in [0.717, 1.165) is 40.3 Å². The molecule has 2 aromatic heterocycles. The van der Waals surface area contributed by atoms with Gasteiger partial charge in [-0.15, -0.1) is 0 Å². The molecule has 1 aliphatic rings. The maximum absolute atomic E-state index is 13.4. The molecule has 0 aliphatic carbocycles. The Labute approximate surface area is 199 Å². The summed E-state index contributed by atoms with van der Waals surface area (Å²) in [5, 5.41) is 5.10. The number of amides is 1. The zero-order valence-corrected chi connectivity index (χ0v) is 20.1. The second-order valence-corrected chi connectivity index (χ2v) is 10.9. The first kappa shape index (κ1) is 22.7. The summed E-state index contributed by atoms with van der Waals surface area (Å²) in [4.78, 5) is 16.4. The molecule has 7 nitrogen and oxygen atoms in total. The number of nitrogens with zero attached hydrogens (tertiary/aromatic N) is 2. The van der Waals surface area contributed by atoms with E-state index in [2.05, 4.69) is 27.9 Å². The van der Waals surface area contributed by atoms with Gasteiger partial charge in [0.15, 0.2) is 0 Å². The molecule has 0 saturated carbocycles. The molecule has 1 saturated heterocycles. The fraction of sp³-hybridized carbons (Fsp3) is 0.346. The maximum atomic E-state index is 13.4. The molecule has 3 heterocycles. The van der Waals surface area contributed by atoms with E-state index in [1.165, 1.54) is 4.31 Å². The highest BCUT2D eigenvalue weighted by Gasteiger charge is 2.33. The standard InChI is InChI=1S/C26H30N4O3S/c1-2-29-15-12-19-16-22(9-10-25(19)29)34(32,33)30-14-5-6-21(18-30)26(31)27-13-11-20-17-28-24-8-4-3-7-23(20)24/h3-4,7-10,12,15-17,21,28H,2,5-6,11,13-14,18H2,1H3,(H,27,31)/t21-/m1/s1. The van der Waals surface area contributed by atoms with Gasteiger partial charge >= 0.3 is 0 Å². The molecule has 4 aromatic rings. The minimum absolute atomic E-state index is 0.0739. The Morgan fingerprint density at radius 1 is 1.18 bits per heavy atom. The first-order valence-electron chi connectivity index (χ1n) is 11.9. The lowest BCUT2D eigenvalue weighted by molar-refractivity contribution is -0.126. The quantitative estimate of drug-likeness (QED) is 0.422. The third-order valence-electron chi connectivity index (χ3n) is 6.84. The second-order valence-electron chi connectivity index (χ2n) is 8.93. The van der Waals surface area contributed by atoms with Crippen molar-refractivity contribution < 1.29 is 13.2 Å². The first-order chi connectivity index (χ1) is 16.5. The van der Waals surface area contributed by atoms with Gasteiger partial charge < -0.3 is 14.9 Å². The minimum atomic E-state index is -3.66. The lowest BCUT2D eigenvalue weighted by Gasteiger charge is -2.31. The van der Waals surface area contributed by atoms with Crippen LogP contribution in [0.25, 0.3) is 21.8 Å². The number of rotatable bonds is 7. The highest BCUT2D eigenvalue weighted by Crippen LogP contribution is 2.27. The lowest BCUT2D eigenvalue weighted by atomic mass is 9.99. The molecule has 8 heteroatoms. The Balaban J connectivity index is 1.23. The van der Waals surface area contributed by atoms with Crippen molar-refractivity contribution in [1.82, 2.24) is 19.2 Å². The molecule has 0 unspecified atom stereocenters. The number of carbonyl (C=O) groups excluding carboxylic acids is 1. The average molecular weight is 479 g/mol. The van der Waals surface area contributed by atoms with Crippen LogP contribution in [0.1, 0.15) is 25.3 Å². The van der Waals surface area contributed by atoms with E-state index < -0.39 is 10.0 Å². The summed E-state index contributed by atoms with van der Waals surface area (Å²) in [6.45, 7) is 4.07. The van der Waals surface area contributed by atoms with Gasteiger partial charge in [-0.05, 0) is 62.1 Å². The predicted molar refractivity (Wildman–Crippen MR) is 134 cm³/mol. The molecule has 1 fully saturated rings. The topological polar surface area (TPSA) is 87.2 Å². The number of hydrogen-bond donors (Lipinski definition) is 2. The number of hydrogen-bond acceptors (Lipinski definition) is 3. The molecule has 1 atom stereocenters. The van der Waals surface area contributed by atoms with Crippen LogP contribution in [-0.4, -0.2) is 47.8 Å². The van der Waals surface area contributed by atoms with Gasteiger partial charge in [0.25, 0.3) is 0 Å². The van der Waals surface area contributed by atoms with Gasteiger partial charge in [0.1, 0.15) is 0 Å². The third kappa shape index (κ3) is 4.23. The molecule has 2 N–H and O–H groups in total. The van der Waals surface area contributed by atoms with Crippen molar-refractivity contribution in [2.45, 2.75) is 37.6 Å². The molecule has 1 aliphatic heterocycles. The van der Waals surface area contributed by atoms with Gasteiger partial charge in [-0.1, -0.05) is 18.2 Å². The smallest absolute Gasteiger partial charge is 0.243 e. The number of fused-ring (bicyclic) bond motifs is 2. The average Bonchev–Trinajstić information content (AvgIpc) is 3.47. The molecule has 34 heavy (non-hydrogen) atoms. The van der Waals surface area contributed by atoms with Crippen LogP contribution in [0.15, 0.2) is 65.8 Å². The number of aryl methyl sites for hydroxylation is 1. The molecule has 1 amide bonds. The number of para-hydroxylation sites is 1. The minimum Gasteiger partial charge on any atom is -0.361 e. The van der Waals surface area contributed by atoms with Crippen LogP contribution in [-0.2, 0) is 27.8 Å². The summed E-state index contributed by atoms with van der Waals surface area (Å²) in [5.41, 5.74) is 3.27. The molecule has 178 valence electrons. The van der Waals surface area contributed by atoms with Crippen molar-refractivity contribution in [3.63, 3.8) is 0 Å². The molecular weight excluding hydrogens is 448 g/mol. The van der Waals surface area contributed by atoms with E-state index in [9.17, 15) is 13.2 Å². The summed E-state index contributed by atoms with van der Waals surface area (Å²) in [6.07, 6.45) is 6.05. The van der Waals surface area contributed by atoms with Crippen LogP contribution in [0.2, 0.25) is 0 Å².